The number of carboxylic acid groups (broad SMARTS) is 1. The number of aromatic carboxylic acids is 1. The van der Waals surface area contributed by atoms with E-state index in [-0.39, 0.29) is 5.56 Å². The van der Waals surface area contributed by atoms with Gasteiger partial charge in [-0.05, 0) is 24.6 Å². The fourth-order valence-corrected chi connectivity index (χ4v) is 2.83. The first-order chi connectivity index (χ1) is 12.5. The molecule has 0 radical (unpaired) electrons. The zero-order valence-corrected chi connectivity index (χ0v) is 14.6. The lowest BCUT2D eigenvalue weighted by atomic mass is 10.1. The van der Waals surface area contributed by atoms with E-state index in [0.29, 0.717) is 22.3 Å². The van der Waals surface area contributed by atoms with Crippen molar-refractivity contribution in [2.24, 2.45) is 0 Å². The highest BCUT2D eigenvalue weighted by Gasteiger charge is 2.16. The van der Waals surface area contributed by atoms with Gasteiger partial charge in [-0.1, -0.05) is 13.3 Å². The Balaban J connectivity index is 2.10. The molecule has 26 heavy (non-hydrogen) atoms. The van der Waals surface area contributed by atoms with Crippen LogP contribution in [0.4, 0.5) is 0 Å². The number of fused-ring (bicyclic) bond motifs is 1. The van der Waals surface area contributed by atoms with Crippen molar-refractivity contribution in [2.45, 2.75) is 26.3 Å². The van der Waals surface area contributed by atoms with Crippen LogP contribution in [-0.4, -0.2) is 38.7 Å². The number of unbranched alkanes of at least 4 members (excludes halogenated alkanes) is 1. The number of esters is 1. The van der Waals surface area contributed by atoms with Crippen molar-refractivity contribution < 1.29 is 19.4 Å². The predicted molar refractivity (Wildman–Crippen MR) is 96.2 cm³/mol. The molecule has 3 aromatic rings. The number of methoxy groups -OCH3 is 1. The summed E-state index contributed by atoms with van der Waals surface area (Å²) in [6, 6.07) is 4.83. The van der Waals surface area contributed by atoms with Gasteiger partial charge in [0.2, 0.25) is 0 Å². The third-order valence-electron chi connectivity index (χ3n) is 4.19. The Hall–Kier alpha value is -3.22. The summed E-state index contributed by atoms with van der Waals surface area (Å²) >= 11 is 0. The Morgan fingerprint density at radius 1 is 1.23 bits per heavy atom. The fourth-order valence-electron chi connectivity index (χ4n) is 2.83. The molecule has 3 heterocycles. The second-order valence-electron chi connectivity index (χ2n) is 5.90. The fraction of sp³-hybridized carbons (Fsp3) is 0.263. The number of aryl methyl sites for hydroxylation is 1. The summed E-state index contributed by atoms with van der Waals surface area (Å²) in [5, 5.41) is 10.1. The molecule has 0 aliphatic rings. The molecule has 0 aromatic carbocycles. The molecule has 0 aliphatic heterocycles. The maximum Gasteiger partial charge on any atom is 0.337 e. The lowest BCUT2D eigenvalue weighted by Crippen LogP contribution is -2.02. The highest BCUT2D eigenvalue weighted by atomic mass is 16.5. The number of hydrogen-bond acceptors (Lipinski definition) is 5. The van der Waals surface area contributed by atoms with Gasteiger partial charge in [-0.3, -0.25) is 9.97 Å². The summed E-state index contributed by atoms with van der Waals surface area (Å²) in [4.78, 5) is 32.0. The van der Waals surface area contributed by atoms with Gasteiger partial charge in [0.05, 0.1) is 41.3 Å². The van der Waals surface area contributed by atoms with Crippen molar-refractivity contribution >= 4 is 22.8 Å². The number of carbonyl (C=O) groups excluding carboxylic acids is 1. The Kier molecular flexibility index (Phi) is 4.97. The van der Waals surface area contributed by atoms with Crippen molar-refractivity contribution in [1.82, 2.24) is 14.5 Å². The zero-order chi connectivity index (χ0) is 18.7. The zero-order valence-electron chi connectivity index (χ0n) is 14.6. The Morgan fingerprint density at radius 3 is 2.69 bits per heavy atom. The van der Waals surface area contributed by atoms with E-state index in [2.05, 4.69) is 16.9 Å². The van der Waals surface area contributed by atoms with E-state index in [9.17, 15) is 14.7 Å². The first-order valence-electron chi connectivity index (χ1n) is 8.32. The molecule has 7 nitrogen and oxygen atoms in total. The molecule has 0 unspecified atom stereocenters. The summed E-state index contributed by atoms with van der Waals surface area (Å²) < 4.78 is 6.63. The van der Waals surface area contributed by atoms with Gasteiger partial charge in [-0.2, -0.15) is 0 Å². The number of hydrogen-bond donors (Lipinski definition) is 1. The van der Waals surface area contributed by atoms with E-state index in [1.807, 2.05) is 4.57 Å². The normalized spacial score (nSPS) is 10.8. The van der Waals surface area contributed by atoms with Gasteiger partial charge in [-0.25, -0.2) is 9.59 Å². The molecule has 0 saturated heterocycles. The Bertz CT molecular complexity index is 978. The Labute approximate surface area is 150 Å². The standard InChI is InChI=1S/C19H19N3O4/c1-3-4-7-22-11-14(18(23)24)13-9-16(21-10-17(13)22)15-8-12(5-6-20-15)19(25)26-2/h5-6,8-11H,3-4,7H2,1-2H3,(H,23,24). The average Bonchev–Trinajstić information content (AvgIpc) is 3.04. The molecular formula is C19H19N3O4. The number of aromatic nitrogens is 3. The lowest BCUT2D eigenvalue weighted by Gasteiger charge is -2.06. The first-order valence-corrected chi connectivity index (χ1v) is 8.32. The van der Waals surface area contributed by atoms with E-state index in [4.69, 9.17) is 4.74 Å². The molecule has 0 spiro atoms. The van der Waals surface area contributed by atoms with Gasteiger partial charge >= 0.3 is 11.9 Å². The molecule has 0 bridgehead atoms. The van der Waals surface area contributed by atoms with Crippen LogP contribution < -0.4 is 0 Å². The van der Waals surface area contributed by atoms with Crippen LogP contribution in [0.2, 0.25) is 0 Å². The molecule has 0 amide bonds. The van der Waals surface area contributed by atoms with Gasteiger partial charge in [-0.15, -0.1) is 0 Å². The van der Waals surface area contributed by atoms with Gasteiger partial charge in [0.1, 0.15) is 0 Å². The molecular weight excluding hydrogens is 334 g/mol. The van der Waals surface area contributed by atoms with Crippen molar-refractivity contribution in [2.75, 3.05) is 7.11 Å². The smallest absolute Gasteiger partial charge is 0.337 e. The van der Waals surface area contributed by atoms with Crippen LogP contribution in [-0.2, 0) is 11.3 Å². The highest BCUT2D eigenvalue weighted by Crippen LogP contribution is 2.26. The number of rotatable bonds is 6. The lowest BCUT2D eigenvalue weighted by molar-refractivity contribution is 0.0599. The summed E-state index contributed by atoms with van der Waals surface area (Å²) in [7, 11) is 1.31. The highest BCUT2D eigenvalue weighted by molar-refractivity contribution is 6.04. The average molecular weight is 353 g/mol. The minimum atomic E-state index is -0.987. The first kappa shape index (κ1) is 17.6. The maximum absolute atomic E-state index is 11.7. The summed E-state index contributed by atoms with van der Waals surface area (Å²) in [5.41, 5.74) is 2.33. The van der Waals surface area contributed by atoms with Crippen molar-refractivity contribution in [3.05, 3.63) is 47.9 Å². The van der Waals surface area contributed by atoms with Crippen LogP contribution >= 0.6 is 0 Å². The summed E-state index contributed by atoms with van der Waals surface area (Å²) in [5.74, 6) is -1.45. The van der Waals surface area contributed by atoms with Crippen LogP contribution in [0.5, 0.6) is 0 Å². The second kappa shape index (κ2) is 7.35. The number of nitrogens with zero attached hydrogens (tertiary/aromatic N) is 3. The monoisotopic (exact) mass is 353 g/mol. The maximum atomic E-state index is 11.7. The van der Waals surface area contributed by atoms with E-state index >= 15 is 0 Å². The molecule has 134 valence electrons. The van der Waals surface area contributed by atoms with Crippen LogP contribution in [0, 0.1) is 0 Å². The van der Waals surface area contributed by atoms with Gasteiger partial charge in [0, 0.05) is 24.3 Å². The van der Waals surface area contributed by atoms with Gasteiger partial charge in [0.25, 0.3) is 0 Å². The molecule has 0 saturated carbocycles. The SMILES string of the molecule is CCCCn1cc(C(=O)O)c2cc(-c3cc(C(=O)OC)ccn3)ncc21. The second-order valence-corrected chi connectivity index (χ2v) is 5.90. The number of carbonyl (C=O) groups is 2. The topological polar surface area (TPSA) is 94.3 Å². The van der Waals surface area contributed by atoms with E-state index in [1.165, 1.54) is 13.3 Å². The minimum absolute atomic E-state index is 0.226. The van der Waals surface area contributed by atoms with Crippen LogP contribution in [0.3, 0.4) is 0 Å². The molecule has 0 fully saturated rings. The number of ether oxygens (including phenoxy) is 1. The number of carboxylic acids is 1. The molecule has 3 rings (SSSR count). The molecule has 3 aromatic heterocycles. The van der Waals surface area contributed by atoms with E-state index in [0.717, 1.165) is 24.9 Å². The van der Waals surface area contributed by atoms with Gasteiger partial charge < -0.3 is 14.4 Å². The largest absolute Gasteiger partial charge is 0.478 e. The third kappa shape index (κ3) is 3.28. The van der Waals surface area contributed by atoms with Crippen LogP contribution in [0.1, 0.15) is 40.5 Å². The van der Waals surface area contributed by atoms with Crippen molar-refractivity contribution in [1.29, 1.82) is 0 Å². The van der Waals surface area contributed by atoms with E-state index in [1.54, 1.807) is 30.6 Å². The van der Waals surface area contributed by atoms with E-state index < -0.39 is 11.9 Å². The minimum Gasteiger partial charge on any atom is -0.478 e. The van der Waals surface area contributed by atoms with Crippen molar-refractivity contribution in [3.63, 3.8) is 0 Å². The van der Waals surface area contributed by atoms with Crippen LogP contribution in [0.25, 0.3) is 22.3 Å². The predicted octanol–water partition coefficient (Wildman–Crippen LogP) is 3.38. The Morgan fingerprint density at radius 2 is 2.00 bits per heavy atom. The summed E-state index contributed by atoms with van der Waals surface area (Å²) in [6.07, 6.45) is 6.76. The third-order valence-corrected chi connectivity index (χ3v) is 4.19. The van der Waals surface area contributed by atoms with Crippen LogP contribution in [0.15, 0.2) is 36.8 Å². The molecule has 0 aliphatic carbocycles. The quantitative estimate of drug-likeness (QED) is 0.683. The molecule has 0 atom stereocenters. The van der Waals surface area contributed by atoms with Crippen molar-refractivity contribution in [3.8, 4) is 11.4 Å². The van der Waals surface area contributed by atoms with Gasteiger partial charge in [0.15, 0.2) is 0 Å². The molecule has 7 heteroatoms. The number of pyridine rings is 2. The molecule has 1 N–H and O–H groups in total. The summed E-state index contributed by atoms with van der Waals surface area (Å²) in [6.45, 7) is 2.82.